The van der Waals surface area contributed by atoms with Crippen molar-refractivity contribution in [2.75, 3.05) is 19.8 Å². The molecule has 1 aliphatic rings. The molecule has 1 saturated heterocycles. The van der Waals surface area contributed by atoms with Crippen LogP contribution in [0.25, 0.3) is 10.8 Å². The maximum atomic E-state index is 13.3. The van der Waals surface area contributed by atoms with Crippen molar-refractivity contribution in [3.05, 3.63) is 71.8 Å². The summed E-state index contributed by atoms with van der Waals surface area (Å²) in [5, 5.41) is 11.3. The van der Waals surface area contributed by atoms with Crippen LogP contribution in [0.15, 0.2) is 65.6 Å². The van der Waals surface area contributed by atoms with E-state index in [0.29, 0.717) is 30.8 Å². The van der Waals surface area contributed by atoms with E-state index >= 15 is 0 Å². The van der Waals surface area contributed by atoms with Gasteiger partial charge in [-0.05, 0) is 67.3 Å². The maximum Gasteiger partial charge on any atom is 0.265 e. The Labute approximate surface area is 210 Å². The number of rotatable bonds is 9. The van der Waals surface area contributed by atoms with Gasteiger partial charge in [0, 0.05) is 25.2 Å². The summed E-state index contributed by atoms with van der Waals surface area (Å²) in [6.07, 6.45) is 0.727. The predicted octanol–water partition coefficient (Wildman–Crippen LogP) is 4.02. The fraction of sp³-hybridized carbons (Fsp3) is 0.333. The van der Waals surface area contributed by atoms with Gasteiger partial charge in [-0.2, -0.15) is 0 Å². The first-order chi connectivity index (χ1) is 17.3. The average Bonchev–Trinajstić information content (AvgIpc) is 2.90. The monoisotopic (exact) mass is 511 g/mol. The van der Waals surface area contributed by atoms with E-state index in [2.05, 4.69) is 6.07 Å². The summed E-state index contributed by atoms with van der Waals surface area (Å²) in [5.41, 5.74) is 3.33. The van der Waals surface area contributed by atoms with Crippen LogP contribution in [0.1, 0.15) is 41.6 Å². The molecule has 8 nitrogen and oxygen atoms in total. The molecule has 36 heavy (non-hydrogen) atoms. The fourth-order valence-corrected chi connectivity index (χ4v) is 6.41. The van der Waals surface area contributed by atoms with Crippen LogP contribution in [0.3, 0.4) is 0 Å². The number of Topliss-reactive ketones (excluding diaryl/α,β-unsaturated/α-hetero) is 1. The molecule has 1 heterocycles. The van der Waals surface area contributed by atoms with Gasteiger partial charge in [0.05, 0.1) is 11.5 Å². The number of amides is 1. The topological polar surface area (TPSA) is 119 Å². The van der Waals surface area contributed by atoms with Gasteiger partial charge >= 0.3 is 0 Å². The lowest BCUT2D eigenvalue weighted by atomic mass is 9.98. The van der Waals surface area contributed by atoms with Crippen molar-refractivity contribution >= 4 is 32.3 Å². The van der Waals surface area contributed by atoms with E-state index < -0.39 is 20.5 Å². The molecule has 0 atom stereocenters. The molecule has 190 valence electrons. The van der Waals surface area contributed by atoms with Gasteiger partial charge in [0.2, 0.25) is 0 Å². The average molecular weight is 512 g/mol. The second-order valence-corrected chi connectivity index (χ2v) is 11.2. The minimum Gasteiger partial charge on any atom is -0.494 e. The third kappa shape index (κ3) is 5.13. The summed E-state index contributed by atoms with van der Waals surface area (Å²) >= 11 is 0. The van der Waals surface area contributed by atoms with Crippen LogP contribution < -0.4 is 10.2 Å². The van der Waals surface area contributed by atoms with Gasteiger partial charge in [0.25, 0.3) is 5.91 Å². The number of hydrogen-bond donors (Lipinski definition) is 2. The van der Waals surface area contributed by atoms with E-state index in [-0.39, 0.29) is 36.7 Å². The molecule has 4 rings (SSSR count). The second-order valence-electron chi connectivity index (χ2n) is 8.96. The zero-order valence-corrected chi connectivity index (χ0v) is 20.8. The number of aryl methyl sites for hydroxylation is 1. The SMILES string of the molecule is Cc1ccc2cc(C(=O)CCCOc3ccc(S(=O)(=O)C4(C(=O)NO)CCOCC4)cc3)ccc2c1. The van der Waals surface area contributed by atoms with Crippen LogP contribution in [-0.4, -0.2) is 49.9 Å². The van der Waals surface area contributed by atoms with Crippen molar-refractivity contribution < 1.29 is 32.7 Å². The number of carbonyl (C=O) groups is 2. The highest BCUT2D eigenvalue weighted by molar-refractivity contribution is 7.93. The molecule has 0 aliphatic carbocycles. The first-order valence-electron chi connectivity index (χ1n) is 11.8. The lowest BCUT2D eigenvalue weighted by Crippen LogP contribution is -2.54. The lowest BCUT2D eigenvalue weighted by molar-refractivity contribution is -0.134. The summed E-state index contributed by atoms with van der Waals surface area (Å²) in [7, 11) is -4.09. The zero-order chi connectivity index (χ0) is 25.8. The number of hydrogen-bond acceptors (Lipinski definition) is 7. The van der Waals surface area contributed by atoms with Crippen molar-refractivity contribution in [3.63, 3.8) is 0 Å². The standard InChI is InChI=1S/C27H29NO7S/c1-19-4-5-21-18-22(7-6-20(21)17-19)25(29)3-2-14-35-23-8-10-24(11-9-23)36(32,33)27(26(30)28-31)12-15-34-16-13-27/h4-11,17-18,31H,2-3,12-16H2,1H3,(H,28,30). The Morgan fingerprint density at radius 3 is 2.36 bits per heavy atom. The van der Waals surface area contributed by atoms with E-state index in [1.54, 1.807) is 0 Å². The lowest BCUT2D eigenvalue weighted by Gasteiger charge is -2.34. The Hall–Kier alpha value is -3.27. The van der Waals surface area contributed by atoms with E-state index in [4.69, 9.17) is 14.7 Å². The van der Waals surface area contributed by atoms with Crippen molar-refractivity contribution in [1.29, 1.82) is 0 Å². The van der Waals surface area contributed by atoms with E-state index in [1.165, 1.54) is 35.3 Å². The molecule has 1 amide bonds. The van der Waals surface area contributed by atoms with E-state index in [0.717, 1.165) is 10.8 Å². The largest absolute Gasteiger partial charge is 0.494 e. The smallest absolute Gasteiger partial charge is 0.265 e. The molecular formula is C27H29NO7S. The van der Waals surface area contributed by atoms with E-state index in [1.807, 2.05) is 37.3 Å². The quantitative estimate of drug-likeness (QED) is 0.193. The summed E-state index contributed by atoms with van der Waals surface area (Å²) in [6, 6.07) is 17.6. The Morgan fingerprint density at radius 1 is 1.00 bits per heavy atom. The molecule has 1 fully saturated rings. The molecular weight excluding hydrogens is 482 g/mol. The summed E-state index contributed by atoms with van der Waals surface area (Å²) in [5.74, 6) is -0.473. The highest BCUT2D eigenvalue weighted by Crippen LogP contribution is 2.35. The molecule has 3 aromatic rings. The molecule has 0 radical (unpaired) electrons. The number of fused-ring (bicyclic) bond motifs is 1. The van der Waals surface area contributed by atoms with Crippen LogP contribution in [0, 0.1) is 6.92 Å². The van der Waals surface area contributed by atoms with Gasteiger partial charge in [-0.3, -0.25) is 14.8 Å². The van der Waals surface area contributed by atoms with Crippen LogP contribution in [0.4, 0.5) is 0 Å². The first kappa shape index (κ1) is 25.8. The van der Waals surface area contributed by atoms with Gasteiger partial charge in [-0.1, -0.05) is 35.9 Å². The van der Waals surface area contributed by atoms with Gasteiger partial charge in [-0.25, -0.2) is 13.9 Å². The number of sulfone groups is 1. The molecule has 0 saturated carbocycles. The number of benzene rings is 3. The molecule has 0 spiro atoms. The van der Waals surface area contributed by atoms with Crippen molar-refractivity contribution in [2.24, 2.45) is 0 Å². The molecule has 3 aromatic carbocycles. The third-order valence-electron chi connectivity index (χ3n) is 6.60. The van der Waals surface area contributed by atoms with Gasteiger partial charge in [0.15, 0.2) is 20.4 Å². The number of nitrogens with one attached hydrogen (secondary N) is 1. The van der Waals surface area contributed by atoms with Crippen LogP contribution in [-0.2, 0) is 19.4 Å². The number of ether oxygens (including phenoxy) is 2. The molecule has 9 heteroatoms. The Kier molecular flexibility index (Phi) is 7.73. The van der Waals surface area contributed by atoms with Crippen molar-refractivity contribution in [2.45, 2.75) is 42.2 Å². The minimum atomic E-state index is -4.09. The highest BCUT2D eigenvalue weighted by Gasteiger charge is 2.52. The summed E-state index contributed by atoms with van der Waals surface area (Å²) in [4.78, 5) is 24.9. The molecule has 1 aliphatic heterocycles. The summed E-state index contributed by atoms with van der Waals surface area (Å²) < 4.78 is 35.7. The third-order valence-corrected chi connectivity index (χ3v) is 9.11. The number of ketones is 1. The van der Waals surface area contributed by atoms with Crippen molar-refractivity contribution in [1.82, 2.24) is 5.48 Å². The van der Waals surface area contributed by atoms with Crippen LogP contribution >= 0.6 is 0 Å². The van der Waals surface area contributed by atoms with Gasteiger partial charge < -0.3 is 9.47 Å². The van der Waals surface area contributed by atoms with Crippen molar-refractivity contribution in [3.8, 4) is 5.75 Å². The fourth-order valence-electron chi connectivity index (χ4n) is 4.47. The minimum absolute atomic E-state index is 0.0337. The van der Waals surface area contributed by atoms with Crippen LogP contribution in [0.2, 0.25) is 0 Å². The predicted molar refractivity (Wildman–Crippen MR) is 134 cm³/mol. The number of hydroxylamine groups is 1. The molecule has 0 aromatic heterocycles. The highest BCUT2D eigenvalue weighted by atomic mass is 32.2. The summed E-state index contributed by atoms with van der Waals surface area (Å²) in [6.45, 7) is 2.53. The number of carbonyl (C=O) groups excluding carboxylic acids is 2. The maximum absolute atomic E-state index is 13.3. The Morgan fingerprint density at radius 2 is 1.67 bits per heavy atom. The second kappa shape index (κ2) is 10.8. The van der Waals surface area contributed by atoms with E-state index in [9.17, 15) is 18.0 Å². The first-order valence-corrected chi connectivity index (χ1v) is 13.3. The Bertz CT molecular complexity index is 1360. The zero-order valence-electron chi connectivity index (χ0n) is 20.0. The normalized spacial score (nSPS) is 15.4. The van der Waals surface area contributed by atoms with Gasteiger partial charge in [-0.15, -0.1) is 0 Å². The van der Waals surface area contributed by atoms with Crippen LogP contribution in [0.5, 0.6) is 5.75 Å². The molecule has 2 N–H and O–H groups in total. The molecule has 0 unspecified atom stereocenters. The molecule has 0 bridgehead atoms. The van der Waals surface area contributed by atoms with Gasteiger partial charge in [0.1, 0.15) is 5.75 Å². The Balaban J connectivity index is 1.34.